The zero-order chi connectivity index (χ0) is 16.3. The molecule has 4 aliphatic rings. The molecule has 1 saturated heterocycles. The monoisotopic (exact) mass is 376 g/mol. The second kappa shape index (κ2) is 4.99. The van der Waals surface area contributed by atoms with Gasteiger partial charge >= 0.3 is 0 Å². The number of carbonyl (C=O) groups excluding carboxylic acids is 2. The average molecular weight is 377 g/mol. The summed E-state index contributed by atoms with van der Waals surface area (Å²) in [5.41, 5.74) is -0.165. The minimum Gasteiger partial charge on any atom is -0.274 e. The highest BCUT2D eigenvalue weighted by atomic mass is 79.9. The number of imide groups is 1. The first-order valence-electron chi connectivity index (χ1n) is 7.49. The molecule has 3 aliphatic carbocycles. The summed E-state index contributed by atoms with van der Waals surface area (Å²) in [5.74, 6) is -1.19. The van der Waals surface area contributed by atoms with E-state index in [0.717, 1.165) is 17.7 Å². The highest BCUT2D eigenvalue weighted by Crippen LogP contribution is 2.51. The first kappa shape index (κ1) is 14.6. The molecule has 1 heterocycles. The third kappa shape index (κ3) is 1.99. The van der Waals surface area contributed by atoms with Gasteiger partial charge in [0.05, 0.1) is 16.8 Å². The van der Waals surface area contributed by atoms with E-state index in [2.05, 4.69) is 15.9 Å². The summed E-state index contributed by atoms with van der Waals surface area (Å²) < 4.78 is 0.534. The largest absolute Gasteiger partial charge is 0.294 e. The number of allylic oxidation sites excluding steroid dienone is 2. The van der Waals surface area contributed by atoms with E-state index in [4.69, 9.17) is 0 Å². The number of fused-ring (bicyclic) bond motifs is 1. The van der Waals surface area contributed by atoms with Crippen LogP contribution in [0.3, 0.4) is 0 Å². The molecule has 6 nitrogen and oxygen atoms in total. The molecule has 4 atom stereocenters. The smallest absolute Gasteiger partial charge is 0.274 e. The van der Waals surface area contributed by atoms with Crippen LogP contribution >= 0.6 is 15.9 Å². The first-order valence-corrected chi connectivity index (χ1v) is 8.28. The minimum atomic E-state index is -0.560. The Morgan fingerprint density at radius 3 is 2.13 bits per heavy atom. The summed E-state index contributed by atoms with van der Waals surface area (Å²) in [4.78, 5) is 37.5. The lowest BCUT2D eigenvalue weighted by Crippen LogP contribution is -2.38. The normalized spacial score (nSPS) is 31.6. The maximum Gasteiger partial charge on any atom is 0.294 e. The van der Waals surface area contributed by atoms with Gasteiger partial charge in [-0.3, -0.25) is 19.7 Å². The molecule has 2 amide bonds. The van der Waals surface area contributed by atoms with Crippen molar-refractivity contribution in [2.75, 3.05) is 4.90 Å². The fourth-order valence-corrected chi connectivity index (χ4v) is 4.49. The number of nitro groups is 1. The molecular formula is C16H13BrN2O4. The second-order valence-electron chi connectivity index (χ2n) is 6.24. The van der Waals surface area contributed by atoms with Crippen LogP contribution in [0.2, 0.25) is 0 Å². The maximum absolute atomic E-state index is 12.8. The van der Waals surface area contributed by atoms with Crippen LogP contribution in [0.1, 0.15) is 12.8 Å². The van der Waals surface area contributed by atoms with Gasteiger partial charge in [-0.2, -0.15) is 0 Å². The lowest BCUT2D eigenvalue weighted by atomic mass is 9.63. The average Bonchev–Trinajstić information content (AvgIpc) is 2.82. The highest BCUT2D eigenvalue weighted by molar-refractivity contribution is 9.10. The fraction of sp³-hybridized carbons (Fsp3) is 0.375. The van der Waals surface area contributed by atoms with Crippen LogP contribution in [0, 0.1) is 33.8 Å². The van der Waals surface area contributed by atoms with Gasteiger partial charge < -0.3 is 0 Å². The molecule has 23 heavy (non-hydrogen) atoms. The van der Waals surface area contributed by atoms with Gasteiger partial charge in [0.2, 0.25) is 11.8 Å². The Morgan fingerprint density at radius 2 is 1.65 bits per heavy atom. The third-order valence-corrected chi connectivity index (χ3v) is 5.63. The zero-order valence-corrected chi connectivity index (χ0v) is 13.6. The predicted octanol–water partition coefficient (Wildman–Crippen LogP) is 3.06. The van der Waals surface area contributed by atoms with E-state index in [1.807, 2.05) is 12.2 Å². The van der Waals surface area contributed by atoms with Crippen molar-refractivity contribution in [3.63, 3.8) is 0 Å². The Bertz CT molecular complexity index is 743. The number of benzene rings is 1. The molecule has 2 fully saturated rings. The van der Waals surface area contributed by atoms with Crippen molar-refractivity contribution >= 4 is 39.1 Å². The fourth-order valence-electron chi connectivity index (χ4n) is 4.14. The van der Waals surface area contributed by atoms with Crippen LogP contribution in [-0.2, 0) is 9.59 Å². The SMILES string of the molecule is O=C1[C@@H]2[C@@H](C(=O)N1c1ccc(Br)cc1[N+](=O)[O-])[C@@H]1C=C[C@@H]2CC1. The van der Waals surface area contributed by atoms with Crippen LogP contribution in [0.5, 0.6) is 0 Å². The standard InChI is InChI=1S/C16H13BrN2O4/c17-10-5-6-11(12(7-10)19(22)23)18-15(20)13-8-1-2-9(4-3-8)14(13)16(18)21/h1-2,5-9,13-14H,3-4H2/t8-,9-,13+,14+/m1/s1. The highest BCUT2D eigenvalue weighted by Gasteiger charge is 2.57. The van der Waals surface area contributed by atoms with E-state index in [9.17, 15) is 19.7 Å². The summed E-state index contributed by atoms with van der Waals surface area (Å²) in [6.45, 7) is 0. The molecule has 7 heteroatoms. The molecule has 0 N–H and O–H groups in total. The van der Waals surface area contributed by atoms with Gasteiger partial charge in [0, 0.05) is 10.5 Å². The molecule has 0 unspecified atom stereocenters. The Morgan fingerprint density at radius 1 is 1.09 bits per heavy atom. The quantitative estimate of drug-likeness (QED) is 0.343. The molecular weight excluding hydrogens is 364 g/mol. The van der Waals surface area contributed by atoms with E-state index >= 15 is 0 Å². The van der Waals surface area contributed by atoms with Crippen molar-refractivity contribution in [2.24, 2.45) is 23.7 Å². The molecule has 1 saturated carbocycles. The van der Waals surface area contributed by atoms with Crippen molar-refractivity contribution < 1.29 is 14.5 Å². The van der Waals surface area contributed by atoms with E-state index in [1.165, 1.54) is 12.1 Å². The maximum atomic E-state index is 12.8. The molecule has 118 valence electrons. The minimum absolute atomic E-state index is 0.0703. The second-order valence-corrected chi connectivity index (χ2v) is 7.16. The van der Waals surface area contributed by atoms with Gasteiger partial charge in [-0.15, -0.1) is 0 Å². The molecule has 5 rings (SSSR count). The number of hydrogen-bond donors (Lipinski definition) is 0. The van der Waals surface area contributed by atoms with Crippen molar-refractivity contribution in [1.29, 1.82) is 0 Å². The Labute approximate surface area is 140 Å². The molecule has 0 aromatic heterocycles. The third-order valence-electron chi connectivity index (χ3n) is 5.13. The number of anilines is 1. The summed E-state index contributed by atoms with van der Waals surface area (Å²) in [6, 6.07) is 4.40. The van der Waals surface area contributed by atoms with E-state index in [-0.39, 0.29) is 46.9 Å². The topological polar surface area (TPSA) is 80.5 Å². The number of nitrogens with zero attached hydrogens (tertiary/aromatic N) is 2. The van der Waals surface area contributed by atoms with Crippen LogP contribution in [0.25, 0.3) is 0 Å². The van der Waals surface area contributed by atoms with Crippen molar-refractivity contribution in [2.45, 2.75) is 12.8 Å². The van der Waals surface area contributed by atoms with Crippen molar-refractivity contribution in [3.05, 3.63) is 44.9 Å². The van der Waals surface area contributed by atoms with Crippen LogP contribution < -0.4 is 4.90 Å². The summed E-state index contributed by atoms with van der Waals surface area (Å²) in [5, 5.41) is 11.3. The number of hydrogen-bond acceptors (Lipinski definition) is 4. The molecule has 0 spiro atoms. The first-order chi connectivity index (χ1) is 11.0. The molecule has 1 aliphatic heterocycles. The lowest BCUT2D eigenvalue weighted by molar-refractivity contribution is -0.384. The molecule has 0 radical (unpaired) electrons. The summed E-state index contributed by atoms with van der Waals surface area (Å²) in [6.07, 6.45) is 5.86. The number of rotatable bonds is 2. The van der Waals surface area contributed by atoms with Gasteiger partial charge in [0.25, 0.3) is 5.69 Å². The van der Waals surface area contributed by atoms with E-state index in [0.29, 0.717) is 4.47 Å². The van der Waals surface area contributed by atoms with Crippen LogP contribution in [-0.4, -0.2) is 16.7 Å². The number of nitro benzene ring substituents is 1. The zero-order valence-electron chi connectivity index (χ0n) is 12.0. The van der Waals surface area contributed by atoms with Gasteiger partial charge in [0.1, 0.15) is 5.69 Å². The molecule has 1 aromatic carbocycles. The summed E-state index contributed by atoms with van der Waals surface area (Å²) >= 11 is 3.19. The number of amides is 2. The van der Waals surface area contributed by atoms with E-state index in [1.54, 1.807) is 6.07 Å². The van der Waals surface area contributed by atoms with Gasteiger partial charge in [-0.05, 0) is 36.8 Å². The van der Waals surface area contributed by atoms with Gasteiger partial charge in [0.15, 0.2) is 0 Å². The molecule has 1 aromatic rings. The Balaban J connectivity index is 1.81. The summed E-state index contributed by atoms with van der Waals surface area (Å²) in [7, 11) is 0. The Hall–Kier alpha value is -2.02. The number of carbonyl (C=O) groups is 2. The van der Waals surface area contributed by atoms with Crippen LogP contribution in [0.4, 0.5) is 11.4 Å². The lowest BCUT2D eigenvalue weighted by Gasteiger charge is -2.38. The van der Waals surface area contributed by atoms with Crippen molar-refractivity contribution in [3.8, 4) is 0 Å². The van der Waals surface area contributed by atoms with Crippen molar-refractivity contribution in [1.82, 2.24) is 0 Å². The van der Waals surface area contributed by atoms with E-state index < -0.39 is 4.92 Å². The predicted molar refractivity (Wildman–Crippen MR) is 85.6 cm³/mol. The Kier molecular flexibility index (Phi) is 3.16. The number of halogens is 1. The van der Waals surface area contributed by atoms with Gasteiger partial charge in [-0.25, -0.2) is 4.90 Å². The van der Waals surface area contributed by atoms with Gasteiger partial charge in [-0.1, -0.05) is 28.1 Å². The molecule has 2 bridgehead atoms. The van der Waals surface area contributed by atoms with Crippen LogP contribution in [0.15, 0.2) is 34.8 Å².